The minimum atomic E-state index is -0.405. The standard InChI is InChI=1S/C27H26Cl2N4OS/c1-18(2)26(34)30-23(15-19-9-5-3-6-10-19)25-31-32-27(35-17-20-11-7-4-8-12-20)33(25)24-14-13-21(28)16-22(24)29/h3-14,16,18,23H,15,17H2,1-2H3,(H,30,34). The lowest BCUT2D eigenvalue weighted by molar-refractivity contribution is -0.124. The van der Waals surface area contributed by atoms with Crippen molar-refractivity contribution in [1.29, 1.82) is 0 Å². The largest absolute Gasteiger partial charge is 0.345 e. The van der Waals surface area contributed by atoms with E-state index in [9.17, 15) is 4.79 Å². The van der Waals surface area contributed by atoms with E-state index in [2.05, 4.69) is 27.6 Å². The number of thioether (sulfide) groups is 1. The Kier molecular flexibility index (Phi) is 8.50. The van der Waals surface area contributed by atoms with E-state index < -0.39 is 6.04 Å². The molecule has 0 saturated heterocycles. The number of aromatic nitrogens is 3. The van der Waals surface area contributed by atoms with E-state index in [-0.39, 0.29) is 11.8 Å². The number of rotatable bonds is 9. The molecule has 0 bridgehead atoms. The molecule has 5 nitrogen and oxygen atoms in total. The Balaban J connectivity index is 1.78. The van der Waals surface area contributed by atoms with Crippen LogP contribution in [0.4, 0.5) is 0 Å². The quantitative estimate of drug-likeness (QED) is 0.241. The van der Waals surface area contributed by atoms with Gasteiger partial charge in [0.15, 0.2) is 11.0 Å². The number of hydrogen-bond donors (Lipinski definition) is 1. The van der Waals surface area contributed by atoms with Crippen molar-refractivity contribution in [3.63, 3.8) is 0 Å². The van der Waals surface area contributed by atoms with Gasteiger partial charge in [-0.15, -0.1) is 10.2 Å². The van der Waals surface area contributed by atoms with Gasteiger partial charge in [0.1, 0.15) is 0 Å². The van der Waals surface area contributed by atoms with Gasteiger partial charge in [-0.1, -0.05) is 109 Å². The first-order chi connectivity index (χ1) is 16.9. The third kappa shape index (κ3) is 6.45. The van der Waals surface area contributed by atoms with E-state index in [1.165, 1.54) is 5.56 Å². The smallest absolute Gasteiger partial charge is 0.223 e. The molecule has 0 radical (unpaired) electrons. The first-order valence-electron chi connectivity index (χ1n) is 11.3. The zero-order valence-corrected chi connectivity index (χ0v) is 21.8. The number of nitrogens with one attached hydrogen (secondary N) is 1. The number of halogens is 2. The van der Waals surface area contributed by atoms with Crippen molar-refractivity contribution in [2.75, 3.05) is 0 Å². The van der Waals surface area contributed by atoms with Crippen molar-refractivity contribution in [2.45, 2.75) is 37.2 Å². The van der Waals surface area contributed by atoms with Gasteiger partial charge in [0.25, 0.3) is 0 Å². The first kappa shape index (κ1) is 25.3. The Hall–Kier alpha value is -2.80. The van der Waals surface area contributed by atoms with Crippen LogP contribution in [0.25, 0.3) is 5.69 Å². The van der Waals surface area contributed by atoms with Gasteiger partial charge in [-0.3, -0.25) is 9.36 Å². The molecule has 8 heteroatoms. The van der Waals surface area contributed by atoms with Crippen LogP contribution in [0.15, 0.2) is 84.0 Å². The summed E-state index contributed by atoms with van der Waals surface area (Å²) in [6, 6.07) is 25.1. The topological polar surface area (TPSA) is 59.8 Å². The second-order valence-electron chi connectivity index (χ2n) is 8.45. The van der Waals surface area contributed by atoms with E-state index in [1.807, 2.05) is 73.0 Å². The summed E-state index contributed by atoms with van der Waals surface area (Å²) >= 11 is 14.4. The lowest BCUT2D eigenvalue weighted by Gasteiger charge is -2.21. The van der Waals surface area contributed by atoms with Crippen molar-refractivity contribution < 1.29 is 4.79 Å². The highest BCUT2D eigenvalue weighted by molar-refractivity contribution is 7.98. The number of carbonyl (C=O) groups excluding carboxylic acids is 1. The van der Waals surface area contributed by atoms with Crippen LogP contribution in [-0.2, 0) is 17.0 Å². The van der Waals surface area contributed by atoms with Gasteiger partial charge in [-0.05, 0) is 35.7 Å². The third-order valence-electron chi connectivity index (χ3n) is 5.45. The number of hydrogen-bond acceptors (Lipinski definition) is 4. The first-order valence-corrected chi connectivity index (χ1v) is 13.1. The molecule has 4 rings (SSSR count). The van der Waals surface area contributed by atoms with Crippen molar-refractivity contribution in [3.8, 4) is 5.69 Å². The molecule has 0 fully saturated rings. The zero-order valence-electron chi connectivity index (χ0n) is 19.5. The van der Waals surface area contributed by atoms with Crippen LogP contribution in [0.5, 0.6) is 0 Å². The highest BCUT2D eigenvalue weighted by atomic mass is 35.5. The summed E-state index contributed by atoms with van der Waals surface area (Å²) < 4.78 is 1.93. The maximum atomic E-state index is 12.8. The van der Waals surface area contributed by atoms with Gasteiger partial charge in [0.05, 0.1) is 16.8 Å². The van der Waals surface area contributed by atoms with Crippen LogP contribution in [-0.4, -0.2) is 20.7 Å². The van der Waals surface area contributed by atoms with E-state index in [1.54, 1.807) is 23.9 Å². The second kappa shape index (κ2) is 11.8. The molecule has 0 aliphatic rings. The Morgan fingerprint density at radius 2 is 1.60 bits per heavy atom. The maximum Gasteiger partial charge on any atom is 0.223 e. The summed E-state index contributed by atoms with van der Waals surface area (Å²) in [5.41, 5.74) is 2.96. The van der Waals surface area contributed by atoms with Crippen molar-refractivity contribution in [2.24, 2.45) is 5.92 Å². The van der Waals surface area contributed by atoms with Gasteiger partial charge >= 0.3 is 0 Å². The number of benzene rings is 3. The molecule has 1 N–H and O–H groups in total. The predicted molar refractivity (Wildman–Crippen MR) is 143 cm³/mol. The minimum absolute atomic E-state index is 0.0545. The summed E-state index contributed by atoms with van der Waals surface area (Å²) in [7, 11) is 0. The fraction of sp³-hybridized carbons (Fsp3) is 0.222. The molecule has 4 aromatic rings. The van der Waals surface area contributed by atoms with E-state index >= 15 is 0 Å². The molecular weight excluding hydrogens is 499 g/mol. The molecule has 35 heavy (non-hydrogen) atoms. The van der Waals surface area contributed by atoms with Crippen LogP contribution < -0.4 is 5.32 Å². The van der Waals surface area contributed by atoms with Gasteiger partial charge in [0.2, 0.25) is 5.91 Å². The fourth-order valence-electron chi connectivity index (χ4n) is 3.61. The van der Waals surface area contributed by atoms with Crippen LogP contribution in [0, 0.1) is 5.92 Å². The van der Waals surface area contributed by atoms with Crippen molar-refractivity contribution >= 4 is 40.9 Å². The van der Waals surface area contributed by atoms with Gasteiger partial charge in [0, 0.05) is 16.7 Å². The van der Waals surface area contributed by atoms with Gasteiger partial charge < -0.3 is 5.32 Å². The fourth-order valence-corrected chi connectivity index (χ4v) is 5.01. The molecule has 1 heterocycles. The van der Waals surface area contributed by atoms with Crippen LogP contribution in [0.2, 0.25) is 10.0 Å². The summed E-state index contributed by atoms with van der Waals surface area (Å²) in [4.78, 5) is 12.8. The van der Waals surface area contributed by atoms with E-state index in [0.717, 1.165) is 5.56 Å². The number of nitrogens with zero attached hydrogens (tertiary/aromatic N) is 3. The molecule has 0 spiro atoms. The molecule has 0 saturated carbocycles. The second-order valence-corrected chi connectivity index (χ2v) is 10.2. The highest BCUT2D eigenvalue weighted by Crippen LogP contribution is 2.33. The number of carbonyl (C=O) groups is 1. The lowest BCUT2D eigenvalue weighted by Crippen LogP contribution is -2.34. The number of amides is 1. The van der Waals surface area contributed by atoms with Crippen LogP contribution in [0.3, 0.4) is 0 Å². The molecule has 180 valence electrons. The van der Waals surface area contributed by atoms with Gasteiger partial charge in [-0.25, -0.2) is 0 Å². The molecule has 0 aliphatic heterocycles. The molecule has 1 amide bonds. The summed E-state index contributed by atoms with van der Waals surface area (Å²) in [5.74, 6) is 1.10. The Labute approximate surface area is 219 Å². The Bertz CT molecular complexity index is 1280. The molecule has 3 aromatic carbocycles. The van der Waals surface area contributed by atoms with E-state index in [4.69, 9.17) is 23.2 Å². The van der Waals surface area contributed by atoms with Crippen LogP contribution >= 0.6 is 35.0 Å². The van der Waals surface area contributed by atoms with E-state index in [0.29, 0.717) is 38.9 Å². The molecule has 1 unspecified atom stereocenters. The molecular formula is C27H26Cl2N4OS. The van der Waals surface area contributed by atoms with Crippen molar-refractivity contribution in [3.05, 3.63) is 106 Å². The SMILES string of the molecule is CC(C)C(=O)NC(Cc1ccccc1)c1nnc(SCc2ccccc2)n1-c1ccc(Cl)cc1Cl. The normalized spacial score (nSPS) is 12.0. The average molecular weight is 526 g/mol. The highest BCUT2D eigenvalue weighted by Gasteiger charge is 2.26. The summed E-state index contributed by atoms with van der Waals surface area (Å²) in [5, 5.41) is 14.0. The minimum Gasteiger partial charge on any atom is -0.345 e. The van der Waals surface area contributed by atoms with Crippen molar-refractivity contribution in [1.82, 2.24) is 20.1 Å². The monoisotopic (exact) mass is 524 g/mol. The predicted octanol–water partition coefficient (Wildman–Crippen LogP) is 6.92. The Morgan fingerprint density at radius 3 is 2.23 bits per heavy atom. The molecule has 1 atom stereocenters. The molecule has 0 aliphatic carbocycles. The Morgan fingerprint density at radius 1 is 0.943 bits per heavy atom. The maximum absolute atomic E-state index is 12.8. The summed E-state index contributed by atoms with van der Waals surface area (Å²) in [6.45, 7) is 3.74. The lowest BCUT2D eigenvalue weighted by atomic mass is 10.0. The van der Waals surface area contributed by atoms with Gasteiger partial charge in [-0.2, -0.15) is 0 Å². The molecule has 1 aromatic heterocycles. The van der Waals surface area contributed by atoms with Crippen LogP contribution in [0.1, 0.15) is 36.8 Å². The summed E-state index contributed by atoms with van der Waals surface area (Å²) in [6.07, 6.45) is 0.562. The average Bonchev–Trinajstić information content (AvgIpc) is 3.27. The zero-order chi connectivity index (χ0) is 24.8. The third-order valence-corrected chi connectivity index (χ3v) is 6.99.